The maximum Gasteiger partial charge on any atom is 0.295 e. The highest BCUT2D eigenvalue weighted by atomic mass is 16.5. The molecule has 2 heterocycles. The van der Waals surface area contributed by atoms with Crippen LogP contribution in [-0.4, -0.2) is 24.6 Å². The summed E-state index contributed by atoms with van der Waals surface area (Å²) in [5, 5.41) is 0. The van der Waals surface area contributed by atoms with Crippen LogP contribution in [0.2, 0.25) is 0 Å². The quantitative estimate of drug-likeness (QED) is 0.427. The molecule has 4 rings (SSSR count). The first kappa shape index (κ1) is 21.6. The molecule has 1 aliphatic rings. The highest BCUT2D eigenvalue weighted by Crippen LogP contribution is 2.45. The molecule has 0 spiro atoms. The summed E-state index contributed by atoms with van der Waals surface area (Å²) < 4.78 is 10.7. The molecule has 1 fully saturated rings. The van der Waals surface area contributed by atoms with E-state index in [0.29, 0.717) is 17.0 Å². The van der Waals surface area contributed by atoms with Crippen molar-refractivity contribution in [3.63, 3.8) is 0 Å². The lowest BCUT2D eigenvalue weighted by atomic mass is 9.77. The number of para-hydroxylation sites is 1. The molecule has 1 amide bonds. The first-order valence-corrected chi connectivity index (χ1v) is 10.4. The lowest BCUT2D eigenvalue weighted by Crippen LogP contribution is -2.36. The zero-order chi connectivity index (χ0) is 23.0. The first-order valence-electron chi connectivity index (χ1n) is 10.4. The Hall–Kier alpha value is -3.67. The third-order valence-corrected chi connectivity index (χ3v) is 5.79. The summed E-state index contributed by atoms with van der Waals surface area (Å²) >= 11 is 0. The van der Waals surface area contributed by atoms with Gasteiger partial charge in [-0.05, 0) is 29.8 Å². The smallest absolute Gasteiger partial charge is 0.295 e. The van der Waals surface area contributed by atoms with Crippen molar-refractivity contribution in [1.82, 2.24) is 0 Å². The Labute approximate surface area is 186 Å². The van der Waals surface area contributed by atoms with Gasteiger partial charge in [0.1, 0.15) is 11.7 Å². The van der Waals surface area contributed by atoms with E-state index in [9.17, 15) is 14.4 Å². The van der Waals surface area contributed by atoms with Crippen molar-refractivity contribution in [1.29, 1.82) is 0 Å². The number of carbonyl (C=O) groups is 3. The van der Waals surface area contributed by atoms with Gasteiger partial charge in [-0.3, -0.25) is 19.3 Å². The Morgan fingerprint density at radius 3 is 2.25 bits per heavy atom. The third kappa shape index (κ3) is 3.62. The highest BCUT2D eigenvalue weighted by molar-refractivity contribution is 6.48. The maximum absolute atomic E-state index is 13.3. The molecule has 0 bridgehead atoms. The molecule has 2 unspecified atom stereocenters. The summed E-state index contributed by atoms with van der Waals surface area (Å²) in [5.41, 5.74) is 2.19. The molecule has 3 aromatic rings. The minimum Gasteiger partial charge on any atom is -0.496 e. The van der Waals surface area contributed by atoms with Gasteiger partial charge in [-0.2, -0.15) is 0 Å². The van der Waals surface area contributed by atoms with E-state index in [1.165, 1.54) is 12.0 Å². The summed E-state index contributed by atoms with van der Waals surface area (Å²) in [4.78, 5) is 41.1. The molecule has 1 aliphatic heterocycles. The van der Waals surface area contributed by atoms with Crippen LogP contribution >= 0.6 is 0 Å². The Kier molecular flexibility index (Phi) is 5.46. The number of carbonyl (C=O) groups excluding carboxylic acids is 3. The SMILES string of the molecule is COc1ccccc1C1C(C(=O)C(C)(C)C)C(=O)C(=O)N1c1ccc(-c2ccoc2)cc1. The van der Waals surface area contributed by atoms with Crippen LogP contribution in [0.25, 0.3) is 11.1 Å². The molecule has 6 heteroatoms. The van der Waals surface area contributed by atoms with Crippen molar-refractivity contribution in [3.05, 3.63) is 72.7 Å². The predicted octanol–water partition coefficient (Wildman–Crippen LogP) is 4.84. The lowest BCUT2D eigenvalue weighted by Gasteiger charge is -2.30. The van der Waals surface area contributed by atoms with Crippen LogP contribution in [0, 0.1) is 11.3 Å². The lowest BCUT2D eigenvalue weighted by molar-refractivity contribution is -0.141. The molecule has 0 radical (unpaired) electrons. The first-order chi connectivity index (χ1) is 15.2. The van der Waals surface area contributed by atoms with E-state index in [-0.39, 0.29) is 5.78 Å². The van der Waals surface area contributed by atoms with Crippen LogP contribution in [0.4, 0.5) is 5.69 Å². The van der Waals surface area contributed by atoms with Crippen molar-refractivity contribution in [2.75, 3.05) is 12.0 Å². The van der Waals surface area contributed by atoms with Crippen molar-refractivity contribution in [3.8, 4) is 16.9 Å². The van der Waals surface area contributed by atoms with Crippen LogP contribution in [0.3, 0.4) is 0 Å². The Morgan fingerprint density at radius 1 is 0.969 bits per heavy atom. The van der Waals surface area contributed by atoms with Crippen LogP contribution in [-0.2, 0) is 14.4 Å². The van der Waals surface area contributed by atoms with E-state index in [1.54, 1.807) is 57.6 Å². The van der Waals surface area contributed by atoms with Gasteiger partial charge in [-0.25, -0.2) is 0 Å². The molecule has 6 nitrogen and oxygen atoms in total. The monoisotopic (exact) mass is 431 g/mol. The van der Waals surface area contributed by atoms with Gasteiger partial charge in [-0.1, -0.05) is 51.1 Å². The second-order valence-corrected chi connectivity index (χ2v) is 8.88. The van der Waals surface area contributed by atoms with Crippen LogP contribution in [0.5, 0.6) is 5.75 Å². The minimum atomic E-state index is -1.12. The van der Waals surface area contributed by atoms with Crippen molar-refractivity contribution >= 4 is 23.2 Å². The molecule has 2 atom stereocenters. The van der Waals surface area contributed by atoms with Gasteiger partial charge in [0, 0.05) is 22.2 Å². The van der Waals surface area contributed by atoms with E-state index in [2.05, 4.69) is 0 Å². The fraction of sp³-hybridized carbons (Fsp3) is 0.269. The van der Waals surface area contributed by atoms with Crippen LogP contribution in [0.1, 0.15) is 32.4 Å². The number of nitrogens with zero attached hydrogens (tertiary/aromatic N) is 1. The average molecular weight is 431 g/mol. The van der Waals surface area contributed by atoms with Gasteiger partial charge >= 0.3 is 0 Å². The molecule has 2 aromatic carbocycles. The summed E-state index contributed by atoms with van der Waals surface area (Å²) in [6, 6.07) is 15.5. The molecule has 1 aromatic heterocycles. The second kappa shape index (κ2) is 8.11. The minimum absolute atomic E-state index is 0.274. The predicted molar refractivity (Wildman–Crippen MR) is 120 cm³/mol. The number of amides is 1. The fourth-order valence-corrected chi connectivity index (χ4v) is 4.15. The van der Waals surface area contributed by atoms with Gasteiger partial charge in [0.15, 0.2) is 5.78 Å². The Bertz CT molecular complexity index is 1160. The van der Waals surface area contributed by atoms with Crippen molar-refractivity contribution < 1.29 is 23.5 Å². The average Bonchev–Trinajstić information content (AvgIpc) is 3.40. The summed E-state index contributed by atoms with van der Waals surface area (Å²) in [5.74, 6) is -2.26. The molecular weight excluding hydrogens is 406 g/mol. The molecule has 32 heavy (non-hydrogen) atoms. The number of furan rings is 1. The number of hydrogen-bond acceptors (Lipinski definition) is 5. The largest absolute Gasteiger partial charge is 0.496 e. The fourth-order valence-electron chi connectivity index (χ4n) is 4.15. The van der Waals surface area contributed by atoms with E-state index in [4.69, 9.17) is 9.15 Å². The summed E-state index contributed by atoms with van der Waals surface area (Å²) in [6.07, 6.45) is 3.22. The number of ketones is 2. The number of rotatable bonds is 5. The van der Waals surface area contributed by atoms with Gasteiger partial charge in [0.25, 0.3) is 5.91 Å². The maximum atomic E-state index is 13.3. The zero-order valence-electron chi connectivity index (χ0n) is 18.5. The number of ether oxygens (including phenoxy) is 1. The van der Waals surface area contributed by atoms with Gasteiger partial charge in [0.2, 0.25) is 5.78 Å². The number of anilines is 1. The molecular formula is C26H25NO5. The van der Waals surface area contributed by atoms with Gasteiger partial charge in [-0.15, -0.1) is 0 Å². The Balaban J connectivity index is 1.85. The van der Waals surface area contributed by atoms with E-state index in [0.717, 1.165) is 11.1 Å². The summed E-state index contributed by atoms with van der Waals surface area (Å²) in [6.45, 7) is 5.28. The van der Waals surface area contributed by atoms with Crippen molar-refractivity contribution in [2.24, 2.45) is 11.3 Å². The second-order valence-electron chi connectivity index (χ2n) is 8.88. The van der Waals surface area contributed by atoms with E-state index in [1.807, 2.05) is 30.3 Å². The summed E-state index contributed by atoms with van der Waals surface area (Å²) in [7, 11) is 1.53. The van der Waals surface area contributed by atoms with Crippen LogP contribution in [0.15, 0.2) is 71.5 Å². The molecule has 1 saturated heterocycles. The number of benzene rings is 2. The molecule has 0 N–H and O–H groups in total. The zero-order valence-corrected chi connectivity index (χ0v) is 18.5. The normalized spacial score (nSPS) is 18.8. The van der Waals surface area contributed by atoms with Crippen LogP contribution < -0.4 is 9.64 Å². The van der Waals surface area contributed by atoms with E-state index < -0.39 is 29.1 Å². The molecule has 164 valence electrons. The Morgan fingerprint density at radius 2 is 1.66 bits per heavy atom. The van der Waals surface area contributed by atoms with E-state index >= 15 is 0 Å². The third-order valence-electron chi connectivity index (χ3n) is 5.79. The van der Waals surface area contributed by atoms with Crippen molar-refractivity contribution in [2.45, 2.75) is 26.8 Å². The number of hydrogen-bond donors (Lipinski definition) is 0. The standard InChI is InChI=1S/C26H25NO5/c1-26(2,3)24(29)21-22(19-7-5-6-8-20(19)31-4)27(25(30)23(21)28)18-11-9-16(10-12-18)17-13-14-32-15-17/h5-15,21-22H,1-4H3. The topological polar surface area (TPSA) is 76.8 Å². The van der Waals surface area contributed by atoms with Gasteiger partial charge in [0.05, 0.1) is 25.7 Å². The molecule has 0 aliphatic carbocycles. The number of Topliss-reactive ketones (excluding diaryl/α,β-unsaturated/α-hetero) is 2. The number of methoxy groups -OCH3 is 1. The molecule has 0 saturated carbocycles. The highest BCUT2D eigenvalue weighted by Gasteiger charge is 2.54. The van der Waals surface area contributed by atoms with Gasteiger partial charge < -0.3 is 9.15 Å².